The molecule has 0 saturated heterocycles. The molecular weight excluding hydrogens is 264 g/mol. The van der Waals surface area contributed by atoms with Gasteiger partial charge in [0.05, 0.1) is 0 Å². The summed E-state index contributed by atoms with van der Waals surface area (Å²) in [6, 6.07) is 17.3. The van der Waals surface area contributed by atoms with Crippen LogP contribution in [0.4, 0.5) is 0 Å². The van der Waals surface area contributed by atoms with Gasteiger partial charge in [-0.1, -0.05) is 71.9 Å². The normalized spacial score (nSPS) is 11.6. The van der Waals surface area contributed by atoms with Crippen LogP contribution in [0.3, 0.4) is 0 Å². The number of benzene rings is 2. The average Bonchev–Trinajstić information content (AvgIpc) is 2.52. The molecule has 0 fully saturated rings. The summed E-state index contributed by atoms with van der Waals surface area (Å²) >= 11 is 0. The minimum absolute atomic E-state index is 0.103. The standard InChI is InChI=1S/C17H16N2O2/c1-21-19-16(17(18)20)15-10-6-5-9-14(15)12-11-13-7-3-2-4-8-13/h2-12H,1H3,(H2,18,20)/b12-11+,19-16-. The molecule has 0 aliphatic heterocycles. The van der Waals surface area contributed by atoms with Crippen molar-refractivity contribution in [1.82, 2.24) is 0 Å². The van der Waals surface area contributed by atoms with Crippen molar-refractivity contribution in [2.45, 2.75) is 0 Å². The smallest absolute Gasteiger partial charge is 0.271 e. The Kier molecular flexibility index (Phi) is 4.88. The van der Waals surface area contributed by atoms with Gasteiger partial charge >= 0.3 is 0 Å². The van der Waals surface area contributed by atoms with E-state index < -0.39 is 5.91 Å². The summed E-state index contributed by atoms with van der Waals surface area (Å²) in [5.74, 6) is -0.627. The fourth-order valence-corrected chi connectivity index (χ4v) is 1.93. The second-order valence-electron chi connectivity index (χ2n) is 4.32. The highest BCUT2D eigenvalue weighted by Crippen LogP contribution is 2.14. The van der Waals surface area contributed by atoms with Gasteiger partial charge in [0.25, 0.3) is 5.91 Å². The van der Waals surface area contributed by atoms with Gasteiger partial charge in [0, 0.05) is 5.56 Å². The number of nitrogens with two attached hydrogens (primary N) is 1. The molecular formula is C17H16N2O2. The van der Waals surface area contributed by atoms with Crippen molar-refractivity contribution >= 4 is 23.8 Å². The number of hydrogen-bond donors (Lipinski definition) is 1. The van der Waals surface area contributed by atoms with Crippen LogP contribution in [-0.2, 0) is 9.63 Å². The molecule has 21 heavy (non-hydrogen) atoms. The first-order valence-electron chi connectivity index (χ1n) is 6.46. The van der Waals surface area contributed by atoms with Crippen molar-refractivity contribution in [3.05, 3.63) is 71.3 Å². The number of carbonyl (C=O) groups is 1. The van der Waals surface area contributed by atoms with Crippen molar-refractivity contribution in [2.75, 3.05) is 7.11 Å². The highest BCUT2D eigenvalue weighted by Gasteiger charge is 2.13. The molecule has 0 spiro atoms. The third-order valence-electron chi connectivity index (χ3n) is 2.89. The molecule has 0 unspecified atom stereocenters. The molecule has 4 heteroatoms. The molecule has 0 saturated carbocycles. The van der Waals surface area contributed by atoms with Gasteiger partial charge in [0.1, 0.15) is 7.11 Å². The summed E-state index contributed by atoms with van der Waals surface area (Å²) in [4.78, 5) is 16.2. The van der Waals surface area contributed by atoms with E-state index in [9.17, 15) is 4.79 Å². The summed E-state index contributed by atoms with van der Waals surface area (Å²) in [7, 11) is 1.38. The van der Waals surface area contributed by atoms with Crippen LogP contribution in [0.2, 0.25) is 0 Å². The average molecular weight is 280 g/mol. The van der Waals surface area contributed by atoms with Crippen LogP contribution in [0.5, 0.6) is 0 Å². The largest absolute Gasteiger partial charge is 0.398 e. The van der Waals surface area contributed by atoms with Crippen LogP contribution in [-0.4, -0.2) is 18.7 Å². The lowest BCUT2D eigenvalue weighted by Crippen LogP contribution is -2.25. The molecule has 0 radical (unpaired) electrons. The van der Waals surface area contributed by atoms with E-state index in [0.29, 0.717) is 5.56 Å². The molecule has 1 amide bonds. The quantitative estimate of drug-likeness (QED) is 0.520. The second-order valence-corrected chi connectivity index (χ2v) is 4.32. The number of nitrogens with zero attached hydrogens (tertiary/aromatic N) is 1. The minimum atomic E-state index is -0.627. The molecule has 0 aliphatic rings. The molecule has 2 aromatic carbocycles. The minimum Gasteiger partial charge on any atom is -0.398 e. The Balaban J connectivity index is 2.39. The molecule has 106 valence electrons. The zero-order valence-corrected chi connectivity index (χ0v) is 11.7. The van der Waals surface area contributed by atoms with Crippen molar-refractivity contribution in [3.63, 3.8) is 0 Å². The van der Waals surface area contributed by atoms with Crippen molar-refractivity contribution in [2.24, 2.45) is 10.9 Å². The van der Waals surface area contributed by atoms with Gasteiger partial charge in [0.15, 0.2) is 5.71 Å². The number of hydrogen-bond acceptors (Lipinski definition) is 3. The molecule has 0 bridgehead atoms. The van der Waals surface area contributed by atoms with E-state index in [1.807, 2.05) is 60.7 Å². The maximum Gasteiger partial charge on any atom is 0.271 e. The zero-order valence-electron chi connectivity index (χ0n) is 11.7. The van der Waals surface area contributed by atoms with Gasteiger partial charge < -0.3 is 10.6 Å². The first-order valence-corrected chi connectivity index (χ1v) is 6.46. The van der Waals surface area contributed by atoms with Crippen LogP contribution < -0.4 is 5.73 Å². The molecule has 4 nitrogen and oxygen atoms in total. The van der Waals surface area contributed by atoms with Gasteiger partial charge in [-0.3, -0.25) is 4.79 Å². The monoisotopic (exact) mass is 280 g/mol. The summed E-state index contributed by atoms with van der Waals surface area (Å²) in [6.07, 6.45) is 3.88. The van der Waals surface area contributed by atoms with Gasteiger partial charge in [-0.2, -0.15) is 0 Å². The molecule has 2 rings (SSSR count). The van der Waals surface area contributed by atoms with E-state index in [1.54, 1.807) is 6.07 Å². The third kappa shape index (κ3) is 3.79. The fraction of sp³-hybridized carbons (Fsp3) is 0.0588. The molecule has 2 aromatic rings. The van der Waals surface area contributed by atoms with Crippen molar-refractivity contribution in [1.29, 1.82) is 0 Å². The Morgan fingerprint density at radius 1 is 1.05 bits per heavy atom. The fourth-order valence-electron chi connectivity index (χ4n) is 1.93. The second kappa shape index (κ2) is 7.05. The van der Waals surface area contributed by atoms with E-state index in [4.69, 9.17) is 10.6 Å². The predicted molar refractivity (Wildman–Crippen MR) is 84.6 cm³/mol. The summed E-state index contributed by atoms with van der Waals surface area (Å²) in [5, 5.41) is 3.72. The lowest BCUT2D eigenvalue weighted by molar-refractivity contribution is -0.112. The van der Waals surface area contributed by atoms with E-state index >= 15 is 0 Å². The zero-order chi connectivity index (χ0) is 15.1. The molecule has 0 heterocycles. The highest BCUT2D eigenvalue weighted by atomic mass is 16.6. The number of carbonyl (C=O) groups excluding carboxylic acids is 1. The van der Waals surface area contributed by atoms with Crippen LogP contribution in [0.1, 0.15) is 16.7 Å². The van der Waals surface area contributed by atoms with Gasteiger partial charge in [-0.05, 0) is 11.1 Å². The van der Waals surface area contributed by atoms with Crippen molar-refractivity contribution in [3.8, 4) is 0 Å². The number of oxime groups is 1. The summed E-state index contributed by atoms with van der Waals surface area (Å²) in [5.41, 5.74) is 8.01. The summed E-state index contributed by atoms with van der Waals surface area (Å²) < 4.78 is 0. The van der Waals surface area contributed by atoms with Crippen LogP contribution >= 0.6 is 0 Å². The third-order valence-corrected chi connectivity index (χ3v) is 2.89. The lowest BCUT2D eigenvalue weighted by Gasteiger charge is -2.06. The van der Waals surface area contributed by atoms with Gasteiger partial charge in [0.2, 0.25) is 0 Å². The van der Waals surface area contributed by atoms with Crippen LogP contribution in [0.25, 0.3) is 12.2 Å². The molecule has 0 aliphatic carbocycles. The van der Waals surface area contributed by atoms with E-state index in [-0.39, 0.29) is 5.71 Å². The maximum atomic E-state index is 11.5. The van der Waals surface area contributed by atoms with E-state index in [2.05, 4.69) is 5.16 Å². The first-order chi connectivity index (χ1) is 10.2. The van der Waals surface area contributed by atoms with Gasteiger partial charge in [-0.25, -0.2) is 0 Å². The number of rotatable bonds is 5. The van der Waals surface area contributed by atoms with E-state index in [1.165, 1.54) is 7.11 Å². The Labute approximate surface area is 123 Å². The van der Waals surface area contributed by atoms with Crippen molar-refractivity contribution < 1.29 is 9.63 Å². The Morgan fingerprint density at radius 3 is 2.38 bits per heavy atom. The Morgan fingerprint density at radius 2 is 1.71 bits per heavy atom. The predicted octanol–water partition coefficient (Wildman–Crippen LogP) is 2.69. The van der Waals surface area contributed by atoms with Crippen LogP contribution in [0, 0.1) is 0 Å². The SMILES string of the molecule is CO/N=C(\C(N)=O)c1ccccc1/C=C/c1ccccc1. The molecule has 0 aromatic heterocycles. The lowest BCUT2D eigenvalue weighted by atomic mass is 10.0. The molecule has 2 N–H and O–H groups in total. The summed E-state index contributed by atoms with van der Waals surface area (Å²) in [6.45, 7) is 0. The first kappa shape index (κ1) is 14.5. The maximum absolute atomic E-state index is 11.5. The Hall–Kier alpha value is -2.88. The number of primary amides is 1. The van der Waals surface area contributed by atoms with Crippen LogP contribution in [0.15, 0.2) is 59.8 Å². The van der Waals surface area contributed by atoms with E-state index in [0.717, 1.165) is 11.1 Å². The topological polar surface area (TPSA) is 64.7 Å². The Bertz CT molecular complexity index is 676. The highest BCUT2D eigenvalue weighted by molar-refractivity contribution is 6.45. The molecule has 0 atom stereocenters. The number of amides is 1. The van der Waals surface area contributed by atoms with Gasteiger partial charge in [-0.15, -0.1) is 0 Å².